The molecule has 1 heterocycles. The predicted molar refractivity (Wildman–Crippen MR) is 110 cm³/mol. The smallest absolute Gasteiger partial charge is 0.259 e. The number of carbonyl (C=O) groups excluding carboxylic acids is 1. The van der Waals surface area contributed by atoms with E-state index in [0.717, 1.165) is 20.6 Å². The second kappa shape index (κ2) is 7.58. The molecule has 128 valence electrons. The molecule has 6 heteroatoms. The molecule has 0 radical (unpaired) electrons. The third-order valence-electron chi connectivity index (χ3n) is 3.77. The number of nitrogens with one attached hydrogen (secondary N) is 1. The normalized spacial score (nSPS) is 10.9. The number of nitrogens with zero attached hydrogens (tertiary/aromatic N) is 2. The zero-order chi connectivity index (χ0) is 18.0. The van der Waals surface area contributed by atoms with Crippen LogP contribution in [0.25, 0.3) is 5.69 Å². The summed E-state index contributed by atoms with van der Waals surface area (Å²) in [5, 5.41) is 8.03. The van der Waals surface area contributed by atoms with Crippen LogP contribution in [-0.2, 0) is 0 Å². The molecule has 0 spiro atoms. The molecule has 4 nitrogen and oxygen atoms in total. The lowest BCUT2D eigenvalue weighted by atomic mass is 10.0. The van der Waals surface area contributed by atoms with E-state index in [4.69, 9.17) is 11.6 Å². The van der Waals surface area contributed by atoms with Gasteiger partial charge in [0.05, 0.1) is 28.8 Å². The van der Waals surface area contributed by atoms with Crippen molar-refractivity contribution in [3.05, 3.63) is 74.6 Å². The van der Waals surface area contributed by atoms with Gasteiger partial charge < -0.3 is 5.32 Å². The molecule has 0 aliphatic carbocycles. The lowest BCUT2D eigenvalue weighted by molar-refractivity contribution is 0.102. The van der Waals surface area contributed by atoms with Gasteiger partial charge >= 0.3 is 0 Å². The molecule has 0 unspecified atom stereocenters. The van der Waals surface area contributed by atoms with Gasteiger partial charge in [-0.1, -0.05) is 43.6 Å². The maximum atomic E-state index is 12.8. The van der Waals surface area contributed by atoms with Crippen LogP contribution in [0.4, 0.5) is 5.69 Å². The van der Waals surface area contributed by atoms with E-state index in [9.17, 15) is 4.79 Å². The largest absolute Gasteiger partial charge is 0.321 e. The fourth-order valence-electron chi connectivity index (χ4n) is 2.65. The van der Waals surface area contributed by atoms with Gasteiger partial charge in [-0.2, -0.15) is 5.10 Å². The number of rotatable bonds is 4. The molecule has 1 N–H and O–H groups in total. The van der Waals surface area contributed by atoms with Gasteiger partial charge in [-0.3, -0.25) is 4.79 Å². The van der Waals surface area contributed by atoms with E-state index >= 15 is 0 Å². The fourth-order valence-corrected chi connectivity index (χ4v) is 3.36. The minimum Gasteiger partial charge on any atom is -0.321 e. The molecule has 25 heavy (non-hydrogen) atoms. The van der Waals surface area contributed by atoms with E-state index in [1.165, 1.54) is 0 Å². The van der Waals surface area contributed by atoms with E-state index in [0.29, 0.717) is 10.6 Å². The van der Waals surface area contributed by atoms with Crippen molar-refractivity contribution in [3.8, 4) is 5.69 Å². The van der Waals surface area contributed by atoms with Crippen LogP contribution in [0.3, 0.4) is 0 Å². The molecular weight excluding hydrogens is 449 g/mol. The van der Waals surface area contributed by atoms with Crippen LogP contribution >= 0.6 is 34.2 Å². The van der Waals surface area contributed by atoms with Gasteiger partial charge in [0.25, 0.3) is 5.91 Å². The first kappa shape index (κ1) is 17.9. The number of anilines is 1. The average Bonchev–Trinajstić information content (AvgIpc) is 3.02. The molecule has 0 fully saturated rings. The average molecular weight is 466 g/mol. The Kier molecular flexibility index (Phi) is 5.44. The van der Waals surface area contributed by atoms with Crippen LogP contribution in [0.1, 0.15) is 35.8 Å². The number of halogens is 2. The van der Waals surface area contributed by atoms with E-state index in [1.54, 1.807) is 10.9 Å². The van der Waals surface area contributed by atoms with Crippen molar-refractivity contribution in [2.24, 2.45) is 0 Å². The van der Waals surface area contributed by atoms with Gasteiger partial charge in [0, 0.05) is 8.59 Å². The molecule has 1 aromatic heterocycles. The zero-order valence-corrected chi connectivity index (χ0v) is 16.7. The minimum atomic E-state index is -0.166. The van der Waals surface area contributed by atoms with Crippen molar-refractivity contribution in [3.63, 3.8) is 0 Å². The summed E-state index contributed by atoms with van der Waals surface area (Å²) < 4.78 is 2.77. The highest BCUT2D eigenvalue weighted by atomic mass is 127. The second-order valence-electron chi connectivity index (χ2n) is 5.92. The molecule has 3 rings (SSSR count). The predicted octanol–water partition coefficient (Wildman–Crippen LogP) is 5.51. The van der Waals surface area contributed by atoms with Gasteiger partial charge in [0.1, 0.15) is 0 Å². The van der Waals surface area contributed by atoms with Crippen LogP contribution in [-0.4, -0.2) is 15.7 Å². The number of amides is 1. The molecule has 1 amide bonds. The van der Waals surface area contributed by atoms with Crippen molar-refractivity contribution in [2.75, 3.05) is 5.32 Å². The summed E-state index contributed by atoms with van der Waals surface area (Å²) in [7, 11) is 0. The van der Waals surface area contributed by atoms with Crippen molar-refractivity contribution < 1.29 is 4.79 Å². The van der Waals surface area contributed by atoms with Gasteiger partial charge in [-0.05, 0) is 58.8 Å². The highest BCUT2D eigenvalue weighted by Crippen LogP contribution is 2.26. The van der Waals surface area contributed by atoms with E-state index in [1.807, 2.05) is 62.4 Å². The van der Waals surface area contributed by atoms with Gasteiger partial charge in [0.15, 0.2) is 0 Å². The molecular formula is C19H17ClIN3O. The Morgan fingerprint density at radius 3 is 2.64 bits per heavy atom. The standard InChI is InChI=1S/C19H17ClIN3O/c1-12(2)18-15(19(25)23-17-9-4-3-8-16(17)21)11-22-24(18)14-7-5-6-13(20)10-14/h3-12H,1-2H3,(H,23,25). The highest BCUT2D eigenvalue weighted by molar-refractivity contribution is 14.1. The summed E-state index contributed by atoms with van der Waals surface area (Å²) in [6.45, 7) is 4.09. The summed E-state index contributed by atoms with van der Waals surface area (Å²) in [5.74, 6) is -0.0434. The van der Waals surface area contributed by atoms with Crippen LogP contribution in [0.5, 0.6) is 0 Å². The van der Waals surface area contributed by atoms with E-state index in [-0.39, 0.29) is 11.8 Å². The highest BCUT2D eigenvalue weighted by Gasteiger charge is 2.21. The molecule has 0 saturated heterocycles. The summed E-state index contributed by atoms with van der Waals surface area (Å²) in [6, 6.07) is 15.1. The van der Waals surface area contributed by atoms with Gasteiger partial charge in [-0.15, -0.1) is 0 Å². The minimum absolute atomic E-state index is 0.122. The summed E-state index contributed by atoms with van der Waals surface area (Å²) in [6.07, 6.45) is 1.61. The monoisotopic (exact) mass is 465 g/mol. The number of para-hydroxylation sites is 1. The van der Waals surface area contributed by atoms with Crippen LogP contribution in [0.15, 0.2) is 54.7 Å². The summed E-state index contributed by atoms with van der Waals surface area (Å²) in [4.78, 5) is 12.8. The zero-order valence-electron chi connectivity index (χ0n) is 13.8. The molecule has 2 aromatic carbocycles. The number of carbonyl (C=O) groups is 1. The van der Waals surface area contributed by atoms with Crippen molar-refractivity contribution in [1.29, 1.82) is 0 Å². The Balaban J connectivity index is 2.00. The Bertz CT molecular complexity index is 921. The van der Waals surface area contributed by atoms with E-state index in [2.05, 4.69) is 33.0 Å². The van der Waals surface area contributed by atoms with Crippen molar-refractivity contribution >= 4 is 45.8 Å². The molecule has 0 bridgehead atoms. The first-order chi connectivity index (χ1) is 12.0. The topological polar surface area (TPSA) is 46.9 Å². The van der Waals surface area contributed by atoms with Crippen molar-refractivity contribution in [1.82, 2.24) is 9.78 Å². The number of hydrogen-bond acceptors (Lipinski definition) is 2. The molecule has 0 aliphatic rings. The quantitative estimate of drug-likeness (QED) is 0.517. The molecule has 0 atom stereocenters. The first-order valence-corrected chi connectivity index (χ1v) is 9.32. The van der Waals surface area contributed by atoms with Crippen LogP contribution < -0.4 is 5.32 Å². The molecule has 3 aromatic rings. The Morgan fingerprint density at radius 1 is 1.20 bits per heavy atom. The Morgan fingerprint density at radius 2 is 1.96 bits per heavy atom. The SMILES string of the molecule is CC(C)c1c(C(=O)Nc2ccccc2I)cnn1-c1cccc(Cl)c1. The number of benzene rings is 2. The van der Waals surface area contributed by atoms with Gasteiger partial charge in [0.2, 0.25) is 0 Å². The fraction of sp³-hybridized carbons (Fsp3) is 0.158. The lowest BCUT2D eigenvalue weighted by Crippen LogP contribution is -2.16. The summed E-state index contributed by atoms with van der Waals surface area (Å²) in [5.41, 5.74) is 3.04. The lowest BCUT2D eigenvalue weighted by Gasteiger charge is -2.13. The maximum absolute atomic E-state index is 12.8. The molecule has 0 saturated carbocycles. The molecule has 0 aliphatic heterocycles. The summed E-state index contributed by atoms with van der Waals surface area (Å²) >= 11 is 8.30. The number of hydrogen-bond donors (Lipinski definition) is 1. The maximum Gasteiger partial charge on any atom is 0.259 e. The van der Waals surface area contributed by atoms with Gasteiger partial charge in [-0.25, -0.2) is 4.68 Å². The van der Waals surface area contributed by atoms with Crippen LogP contribution in [0.2, 0.25) is 5.02 Å². The first-order valence-electron chi connectivity index (χ1n) is 7.87. The van der Waals surface area contributed by atoms with E-state index < -0.39 is 0 Å². The third kappa shape index (κ3) is 3.88. The Hall–Kier alpha value is -1.86. The van der Waals surface area contributed by atoms with Crippen molar-refractivity contribution in [2.45, 2.75) is 19.8 Å². The van der Waals surface area contributed by atoms with Crippen LogP contribution in [0, 0.1) is 3.57 Å². The second-order valence-corrected chi connectivity index (χ2v) is 7.52. The third-order valence-corrected chi connectivity index (χ3v) is 4.95. The number of aromatic nitrogens is 2. The Labute approximate surface area is 165 Å².